The van der Waals surface area contributed by atoms with Crippen LogP contribution in [0.4, 0.5) is 0 Å². The van der Waals surface area contributed by atoms with Crippen molar-refractivity contribution < 1.29 is 9.53 Å². The zero-order valence-electron chi connectivity index (χ0n) is 17.1. The molecule has 5 atom stereocenters. The number of hydrogen-bond acceptors (Lipinski definition) is 4. The molecule has 0 amide bonds. The van der Waals surface area contributed by atoms with Crippen LogP contribution in [-0.4, -0.2) is 41.2 Å². The van der Waals surface area contributed by atoms with Crippen molar-refractivity contribution in [1.29, 1.82) is 0 Å². The second-order valence-electron chi connectivity index (χ2n) is 10.4. The smallest absolute Gasteiger partial charge is 0.192 e. The number of aliphatic hydroxyl groups is 1. The summed E-state index contributed by atoms with van der Waals surface area (Å²) in [4.78, 5) is 0. The lowest BCUT2D eigenvalue weighted by atomic mass is 9.67. The first-order valence-corrected chi connectivity index (χ1v) is 15.3. The zero-order valence-corrected chi connectivity index (χ0v) is 19.7. The highest BCUT2D eigenvalue weighted by Crippen LogP contribution is 2.72. The summed E-state index contributed by atoms with van der Waals surface area (Å²) in [6, 6.07) is 0. The van der Waals surface area contributed by atoms with E-state index in [1.807, 2.05) is 0 Å². The minimum absolute atomic E-state index is 0.0324. The Morgan fingerprint density at radius 3 is 2.50 bits per heavy atom. The third-order valence-corrected chi connectivity index (χ3v) is 16.1. The lowest BCUT2D eigenvalue weighted by Gasteiger charge is -2.45. The summed E-state index contributed by atoms with van der Waals surface area (Å²) in [5, 5.41) is 11.3. The predicted octanol–water partition coefficient (Wildman–Crippen LogP) is 5.68. The Hall–Kier alpha value is 0.577. The largest absolute Gasteiger partial charge is 0.411 e. The molecule has 1 heterocycles. The van der Waals surface area contributed by atoms with Gasteiger partial charge in [0.2, 0.25) is 0 Å². The van der Waals surface area contributed by atoms with E-state index >= 15 is 0 Å². The maximum atomic E-state index is 11.0. The fourth-order valence-electron chi connectivity index (χ4n) is 5.71. The summed E-state index contributed by atoms with van der Waals surface area (Å²) in [6.45, 7) is 11.7. The summed E-state index contributed by atoms with van der Waals surface area (Å²) < 4.78 is 7.12. The van der Waals surface area contributed by atoms with E-state index in [0.29, 0.717) is 15.9 Å². The van der Waals surface area contributed by atoms with Crippen LogP contribution in [0.5, 0.6) is 0 Å². The number of rotatable bonds is 2. The van der Waals surface area contributed by atoms with Gasteiger partial charge in [-0.1, -0.05) is 32.9 Å². The van der Waals surface area contributed by atoms with Gasteiger partial charge in [0, 0.05) is 5.41 Å². The molecule has 26 heavy (non-hydrogen) atoms. The molecular weight excluding hydrogens is 376 g/mol. The van der Waals surface area contributed by atoms with Crippen molar-refractivity contribution in [2.75, 3.05) is 11.5 Å². The lowest BCUT2D eigenvalue weighted by molar-refractivity contribution is 0.0190. The van der Waals surface area contributed by atoms with Gasteiger partial charge in [-0.15, -0.1) is 23.5 Å². The van der Waals surface area contributed by atoms with E-state index in [1.165, 1.54) is 30.8 Å². The van der Waals surface area contributed by atoms with Gasteiger partial charge in [-0.3, -0.25) is 0 Å². The molecule has 2 saturated carbocycles. The molecule has 0 aromatic rings. The molecule has 2 nitrogen and oxygen atoms in total. The Morgan fingerprint density at radius 2 is 1.85 bits per heavy atom. The number of hydrogen-bond donors (Lipinski definition) is 1. The first-order valence-electron chi connectivity index (χ1n) is 10.4. The Balaban J connectivity index is 1.60. The molecule has 148 valence electrons. The molecule has 3 aliphatic carbocycles. The van der Waals surface area contributed by atoms with Crippen LogP contribution in [0.3, 0.4) is 0 Å². The van der Waals surface area contributed by atoms with Crippen molar-refractivity contribution in [2.45, 2.75) is 87.3 Å². The fraction of sp³-hybridized carbons (Fsp3) is 0.905. The van der Waals surface area contributed by atoms with Crippen molar-refractivity contribution in [2.24, 2.45) is 17.3 Å². The van der Waals surface area contributed by atoms with E-state index < -0.39 is 8.32 Å². The van der Waals surface area contributed by atoms with Gasteiger partial charge in [-0.25, -0.2) is 0 Å². The SMILES string of the molecule is CC(C)(C)[Si](C)(C)O[C@@H]1C=C[C@@]23[C@H](C1)CC1(SCCCS1)[C@@H]2CC[C@H]3O. The van der Waals surface area contributed by atoms with E-state index in [2.05, 4.69) is 69.5 Å². The molecule has 5 heteroatoms. The maximum Gasteiger partial charge on any atom is 0.192 e. The third kappa shape index (κ3) is 2.90. The molecule has 0 aromatic carbocycles. The minimum atomic E-state index is -1.76. The second-order valence-corrected chi connectivity index (χ2v) is 18.3. The van der Waals surface area contributed by atoms with Crippen LogP contribution >= 0.6 is 23.5 Å². The summed E-state index contributed by atoms with van der Waals surface area (Å²) in [5.74, 6) is 3.84. The first kappa shape index (κ1) is 19.9. The van der Waals surface area contributed by atoms with Gasteiger partial charge in [-0.2, -0.15) is 0 Å². The highest BCUT2D eigenvalue weighted by Gasteiger charge is 2.67. The van der Waals surface area contributed by atoms with Gasteiger partial charge in [-0.05, 0) is 73.6 Å². The van der Waals surface area contributed by atoms with E-state index in [0.717, 1.165) is 12.8 Å². The molecule has 1 aliphatic heterocycles. The average Bonchev–Trinajstić information content (AvgIpc) is 3.01. The molecule has 2 spiro atoms. The van der Waals surface area contributed by atoms with Crippen LogP contribution in [0.15, 0.2) is 12.2 Å². The highest BCUT2D eigenvalue weighted by molar-refractivity contribution is 8.18. The molecule has 0 radical (unpaired) electrons. The zero-order chi connectivity index (χ0) is 18.8. The molecule has 1 N–H and O–H groups in total. The normalized spacial score (nSPS) is 42.1. The number of fused-ring (bicyclic) bond motifs is 1. The van der Waals surface area contributed by atoms with Crippen LogP contribution in [0.2, 0.25) is 18.1 Å². The van der Waals surface area contributed by atoms with E-state index in [9.17, 15) is 5.11 Å². The van der Waals surface area contributed by atoms with Gasteiger partial charge in [0.05, 0.1) is 16.3 Å². The summed E-state index contributed by atoms with van der Waals surface area (Å²) in [7, 11) is -1.76. The monoisotopic (exact) mass is 412 g/mol. The van der Waals surface area contributed by atoms with Crippen molar-refractivity contribution in [1.82, 2.24) is 0 Å². The average molecular weight is 413 g/mol. The van der Waals surface area contributed by atoms with Crippen LogP contribution in [-0.2, 0) is 4.43 Å². The molecule has 3 fully saturated rings. The Morgan fingerprint density at radius 1 is 1.15 bits per heavy atom. The third-order valence-electron chi connectivity index (χ3n) is 8.03. The number of aliphatic hydroxyl groups excluding tert-OH is 1. The Kier molecular flexibility index (Phi) is 5.00. The van der Waals surface area contributed by atoms with Crippen molar-refractivity contribution >= 4 is 31.8 Å². The topological polar surface area (TPSA) is 29.5 Å². The standard InChI is InChI=1S/C21H36O2S2Si/c1-19(2,3)26(4,5)23-16-9-10-20-15(13-16)14-21(24-11-6-12-25-21)17(20)7-8-18(20)22/h9-10,15-18,22H,6-8,11-14H2,1-5H3/t15-,16-,17-,18-,20-/m1/s1. The lowest BCUT2D eigenvalue weighted by Crippen LogP contribution is -2.47. The van der Waals surface area contributed by atoms with Gasteiger partial charge in [0.15, 0.2) is 8.32 Å². The predicted molar refractivity (Wildman–Crippen MR) is 117 cm³/mol. The molecule has 0 aromatic heterocycles. The summed E-state index contributed by atoms with van der Waals surface area (Å²) in [5.41, 5.74) is 0.0324. The molecule has 4 aliphatic rings. The van der Waals surface area contributed by atoms with E-state index in [-0.39, 0.29) is 22.7 Å². The van der Waals surface area contributed by atoms with E-state index in [4.69, 9.17) is 4.43 Å². The minimum Gasteiger partial charge on any atom is -0.411 e. The van der Waals surface area contributed by atoms with Gasteiger partial charge in [0.25, 0.3) is 0 Å². The maximum absolute atomic E-state index is 11.0. The van der Waals surface area contributed by atoms with Crippen molar-refractivity contribution in [3.05, 3.63) is 12.2 Å². The fourth-order valence-corrected chi connectivity index (χ4v) is 11.0. The quantitative estimate of drug-likeness (QED) is 0.467. The Bertz CT molecular complexity index is 579. The van der Waals surface area contributed by atoms with Gasteiger partial charge in [0.1, 0.15) is 0 Å². The first-order chi connectivity index (χ1) is 12.1. The van der Waals surface area contributed by atoms with Crippen molar-refractivity contribution in [3.63, 3.8) is 0 Å². The van der Waals surface area contributed by atoms with Gasteiger partial charge < -0.3 is 9.53 Å². The molecule has 0 bridgehead atoms. The van der Waals surface area contributed by atoms with Crippen LogP contribution in [0.1, 0.15) is 52.9 Å². The molecule has 1 saturated heterocycles. The Labute approximate surface area is 169 Å². The van der Waals surface area contributed by atoms with Crippen LogP contribution < -0.4 is 0 Å². The van der Waals surface area contributed by atoms with Crippen LogP contribution in [0.25, 0.3) is 0 Å². The molecule has 0 unspecified atom stereocenters. The molecule has 4 rings (SSSR count). The number of thioether (sulfide) groups is 2. The summed E-state index contributed by atoms with van der Waals surface area (Å²) in [6.07, 6.45) is 10.8. The van der Waals surface area contributed by atoms with Gasteiger partial charge >= 0.3 is 0 Å². The van der Waals surface area contributed by atoms with E-state index in [1.54, 1.807) is 0 Å². The summed E-state index contributed by atoms with van der Waals surface area (Å²) >= 11 is 4.43. The second kappa shape index (κ2) is 6.55. The van der Waals surface area contributed by atoms with Crippen molar-refractivity contribution in [3.8, 4) is 0 Å². The highest BCUT2D eigenvalue weighted by atomic mass is 32.2. The molecular formula is C21H36O2S2Si. The van der Waals surface area contributed by atoms with Crippen LogP contribution in [0, 0.1) is 17.3 Å².